The number of hydrogen-bond donors (Lipinski definition) is 2. The lowest BCUT2D eigenvalue weighted by atomic mass is 10.1. The van der Waals surface area contributed by atoms with Gasteiger partial charge in [0.05, 0.1) is 16.3 Å². The molecule has 0 saturated carbocycles. The molecule has 0 aliphatic rings. The zero-order valence-corrected chi connectivity index (χ0v) is 18.0. The van der Waals surface area contributed by atoms with E-state index >= 15 is 0 Å². The quantitative estimate of drug-likeness (QED) is 0.500. The van der Waals surface area contributed by atoms with Gasteiger partial charge in [-0.15, -0.1) is 0 Å². The van der Waals surface area contributed by atoms with E-state index in [1.807, 2.05) is 32.0 Å². The third-order valence-corrected chi connectivity index (χ3v) is 4.99. The number of carbonyl (C=O) groups excluding carboxylic acids is 2. The van der Waals surface area contributed by atoms with Gasteiger partial charge >= 0.3 is 0 Å². The van der Waals surface area contributed by atoms with Crippen molar-refractivity contribution in [3.63, 3.8) is 0 Å². The largest absolute Gasteiger partial charge is 0.482 e. The van der Waals surface area contributed by atoms with E-state index in [0.29, 0.717) is 32.7 Å². The monoisotopic (exact) mass is 442 g/mol. The fraction of sp³-hybridized carbons (Fsp3) is 0.130. The number of para-hydroxylation sites is 1. The van der Waals surface area contributed by atoms with E-state index in [4.69, 9.17) is 27.9 Å². The number of amides is 2. The highest BCUT2D eigenvalue weighted by Crippen LogP contribution is 2.27. The van der Waals surface area contributed by atoms with E-state index in [2.05, 4.69) is 10.6 Å². The first-order valence-electron chi connectivity index (χ1n) is 9.19. The first-order valence-corrected chi connectivity index (χ1v) is 9.94. The number of benzene rings is 3. The second-order valence-electron chi connectivity index (χ2n) is 6.71. The molecule has 2 amide bonds. The molecule has 3 aromatic carbocycles. The number of hydrogen-bond acceptors (Lipinski definition) is 3. The van der Waals surface area contributed by atoms with Crippen LogP contribution in [0.15, 0.2) is 60.7 Å². The van der Waals surface area contributed by atoms with Crippen molar-refractivity contribution in [3.05, 3.63) is 87.4 Å². The SMILES string of the molecule is Cc1ccc(NC(=O)c2ccccc2NC(=O)COc2ccc(Cl)cc2Cl)cc1C. The molecule has 2 N–H and O–H groups in total. The number of rotatable bonds is 6. The maximum atomic E-state index is 12.7. The van der Waals surface area contributed by atoms with Crippen molar-refractivity contribution in [2.45, 2.75) is 13.8 Å². The van der Waals surface area contributed by atoms with Crippen LogP contribution >= 0.6 is 23.2 Å². The molecule has 154 valence electrons. The van der Waals surface area contributed by atoms with Gasteiger partial charge in [-0.05, 0) is 67.4 Å². The van der Waals surface area contributed by atoms with Gasteiger partial charge < -0.3 is 15.4 Å². The molecule has 0 bridgehead atoms. The number of halogens is 2. The minimum Gasteiger partial charge on any atom is -0.482 e. The summed E-state index contributed by atoms with van der Waals surface area (Å²) in [5.41, 5.74) is 3.63. The van der Waals surface area contributed by atoms with E-state index in [1.54, 1.807) is 36.4 Å². The Balaban J connectivity index is 1.67. The summed E-state index contributed by atoms with van der Waals surface area (Å²) in [7, 11) is 0. The van der Waals surface area contributed by atoms with Crippen LogP contribution in [0.3, 0.4) is 0 Å². The molecule has 0 spiro atoms. The predicted octanol–water partition coefficient (Wildman–Crippen LogP) is 5.88. The molecule has 0 atom stereocenters. The summed E-state index contributed by atoms with van der Waals surface area (Å²) in [6, 6.07) is 17.2. The van der Waals surface area contributed by atoms with Gasteiger partial charge in [0.2, 0.25) is 0 Å². The molecular formula is C23H20Cl2N2O3. The third-order valence-electron chi connectivity index (χ3n) is 4.46. The van der Waals surface area contributed by atoms with Crippen LogP contribution in [0.1, 0.15) is 21.5 Å². The Morgan fingerprint density at radius 2 is 1.67 bits per heavy atom. The van der Waals surface area contributed by atoms with Crippen LogP contribution in [0.4, 0.5) is 11.4 Å². The minimum absolute atomic E-state index is 0.269. The summed E-state index contributed by atoms with van der Waals surface area (Å²) in [5.74, 6) is -0.403. The molecule has 0 unspecified atom stereocenters. The highest BCUT2D eigenvalue weighted by molar-refractivity contribution is 6.35. The maximum absolute atomic E-state index is 12.7. The van der Waals surface area contributed by atoms with Crippen LogP contribution in [0, 0.1) is 13.8 Å². The van der Waals surface area contributed by atoms with Crippen LogP contribution in [-0.2, 0) is 4.79 Å². The Morgan fingerprint density at radius 3 is 2.40 bits per heavy atom. The van der Waals surface area contributed by atoms with Crippen molar-refractivity contribution in [2.75, 3.05) is 17.2 Å². The van der Waals surface area contributed by atoms with Gasteiger partial charge in [-0.25, -0.2) is 0 Å². The molecule has 0 saturated heterocycles. The average Bonchev–Trinajstić information content (AvgIpc) is 2.70. The van der Waals surface area contributed by atoms with Crippen molar-refractivity contribution in [1.82, 2.24) is 0 Å². The standard InChI is InChI=1S/C23H20Cl2N2O3/c1-14-7-9-17(11-15(14)2)26-23(29)18-5-3-4-6-20(18)27-22(28)13-30-21-10-8-16(24)12-19(21)25/h3-12H,13H2,1-2H3,(H,26,29)(H,27,28). The molecule has 0 radical (unpaired) electrons. The average molecular weight is 443 g/mol. The highest BCUT2D eigenvalue weighted by Gasteiger charge is 2.14. The van der Waals surface area contributed by atoms with Crippen molar-refractivity contribution in [1.29, 1.82) is 0 Å². The molecular weight excluding hydrogens is 423 g/mol. The molecule has 5 nitrogen and oxygen atoms in total. The van der Waals surface area contributed by atoms with Gasteiger partial charge in [-0.1, -0.05) is 41.4 Å². The Hall–Kier alpha value is -3.02. The van der Waals surface area contributed by atoms with Gasteiger partial charge in [0.1, 0.15) is 5.75 Å². The zero-order chi connectivity index (χ0) is 21.7. The van der Waals surface area contributed by atoms with Crippen molar-refractivity contribution < 1.29 is 14.3 Å². The summed E-state index contributed by atoms with van der Waals surface area (Å²) in [6.45, 7) is 3.71. The number of aryl methyl sites for hydroxylation is 2. The second kappa shape index (κ2) is 9.65. The van der Waals surface area contributed by atoms with Crippen LogP contribution in [0.25, 0.3) is 0 Å². The van der Waals surface area contributed by atoms with E-state index in [0.717, 1.165) is 11.1 Å². The van der Waals surface area contributed by atoms with Gasteiger partial charge in [-0.2, -0.15) is 0 Å². The molecule has 3 rings (SSSR count). The lowest BCUT2D eigenvalue weighted by Gasteiger charge is -2.13. The van der Waals surface area contributed by atoms with E-state index in [9.17, 15) is 9.59 Å². The van der Waals surface area contributed by atoms with Crippen LogP contribution in [0.5, 0.6) is 5.75 Å². The smallest absolute Gasteiger partial charge is 0.262 e. The van der Waals surface area contributed by atoms with Crippen molar-refractivity contribution in [3.8, 4) is 5.75 Å². The third kappa shape index (κ3) is 5.53. The van der Waals surface area contributed by atoms with Crippen LogP contribution in [-0.4, -0.2) is 18.4 Å². The van der Waals surface area contributed by atoms with Gasteiger partial charge in [-0.3, -0.25) is 9.59 Å². The first kappa shape index (κ1) is 21.7. The molecule has 0 heterocycles. The Morgan fingerprint density at radius 1 is 0.900 bits per heavy atom. The Bertz CT molecular complexity index is 1100. The van der Waals surface area contributed by atoms with Crippen LogP contribution < -0.4 is 15.4 Å². The first-order chi connectivity index (χ1) is 14.3. The number of ether oxygens (including phenoxy) is 1. The number of nitrogens with one attached hydrogen (secondary N) is 2. The van der Waals surface area contributed by atoms with Gasteiger partial charge in [0, 0.05) is 10.7 Å². The summed E-state index contributed by atoms with van der Waals surface area (Å²) in [6.07, 6.45) is 0. The van der Waals surface area contributed by atoms with Gasteiger partial charge in [0.15, 0.2) is 6.61 Å². The molecule has 7 heteroatoms. The van der Waals surface area contributed by atoms with Gasteiger partial charge in [0.25, 0.3) is 11.8 Å². The van der Waals surface area contributed by atoms with E-state index < -0.39 is 5.91 Å². The molecule has 0 aliphatic heterocycles. The Labute approximate surface area is 185 Å². The maximum Gasteiger partial charge on any atom is 0.262 e. The van der Waals surface area contributed by atoms with Crippen molar-refractivity contribution >= 4 is 46.4 Å². The molecule has 30 heavy (non-hydrogen) atoms. The predicted molar refractivity (Wildman–Crippen MR) is 121 cm³/mol. The topological polar surface area (TPSA) is 67.4 Å². The molecule has 0 aromatic heterocycles. The lowest BCUT2D eigenvalue weighted by molar-refractivity contribution is -0.118. The van der Waals surface area contributed by atoms with Crippen LogP contribution in [0.2, 0.25) is 10.0 Å². The molecule has 0 fully saturated rings. The minimum atomic E-state index is -0.424. The summed E-state index contributed by atoms with van der Waals surface area (Å²) in [4.78, 5) is 25.1. The Kier molecular flexibility index (Phi) is 6.98. The summed E-state index contributed by atoms with van der Waals surface area (Å²) in [5, 5.41) is 6.35. The molecule has 0 aliphatic carbocycles. The second-order valence-corrected chi connectivity index (χ2v) is 7.55. The fourth-order valence-electron chi connectivity index (χ4n) is 2.73. The van der Waals surface area contributed by atoms with E-state index in [1.165, 1.54) is 6.07 Å². The summed E-state index contributed by atoms with van der Waals surface area (Å²) < 4.78 is 5.44. The highest BCUT2D eigenvalue weighted by atomic mass is 35.5. The number of anilines is 2. The summed E-state index contributed by atoms with van der Waals surface area (Å²) >= 11 is 11.9. The lowest BCUT2D eigenvalue weighted by Crippen LogP contribution is -2.23. The fourth-order valence-corrected chi connectivity index (χ4v) is 3.19. The van der Waals surface area contributed by atoms with Crippen molar-refractivity contribution in [2.24, 2.45) is 0 Å². The molecule has 3 aromatic rings. The number of carbonyl (C=O) groups is 2. The normalized spacial score (nSPS) is 10.4. The zero-order valence-electron chi connectivity index (χ0n) is 16.5. The van der Waals surface area contributed by atoms with E-state index in [-0.39, 0.29) is 12.5 Å².